The highest BCUT2D eigenvalue weighted by molar-refractivity contribution is 6.31. The standard InChI is InChI=1S/C29H31ClFN5O4/c1-28(2,38)14-40-24-11-20(32-15-33-24)6-7-29(39)12-18-8-17(9-19(18)13-29)25-26(36(3)16-34-25)27(37)35-21-4-5-23(31)22(30)10-21/h4-5,10-11,15-19,38-39H,8-9,12-14H2,1-3H3,(H,35,37). The predicted octanol–water partition coefficient (Wildman–Crippen LogP) is 4.09. The third-order valence-electron chi connectivity index (χ3n) is 7.42. The minimum absolute atomic E-state index is 0.0681. The first-order chi connectivity index (χ1) is 18.9. The second-order valence-corrected chi connectivity index (χ2v) is 11.8. The van der Waals surface area contributed by atoms with Crippen LogP contribution >= 0.6 is 11.6 Å². The first-order valence-corrected chi connectivity index (χ1v) is 13.5. The molecule has 1 aromatic carbocycles. The van der Waals surface area contributed by atoms with Gasteiger partial charge in [-0.3, -0.25) is 4.79 Å². The molecular formula is C29H31ClFN5O4. The number of carbonyl (C=O) groups excluding carboxylic acids is 1. The number of imidazole rings is 1. The average molecular weight is 568 g/mol. The number of hydrogen-bond donors (Lipinski definition) is 3. The number of carbonyl (C=O) groups is 1. The van der Waals surface area contributed by atoms with E-state index in [1.807, 2.05) is 0 Å². The van der Waals surface area contributed by atoms with Gasteiger partial charge in [0, 0.05) is 24.7 Å². The molecule has 2 saturated carbocycles. The van der Waals surface area contributed by atoms with Crippen molar-refractivity contribution >= 4 is 23.2 Å². The number of nitrogens with one attached hydrogen (secondary N) is 1. The summed E-state index contributed by atoms with van der Waals surface area (Å²) < 4.78 is 20.7. The number of aryl methyl sites for hydroxylation is 1. The number of ether oxygens (including phenoxy) is 1. The van der Waals surface area contributed by atoms with Gasteiger partial charge in [0.05, 0.1) is 22.6 Å². The number of amides is 1. The SMILES string of the molecule is Cn1cnc(C2CC3CC(O)(C#Cc4cc(OCC(C)(C)O)ncn4)CC3C2)c1C(=O)Nc1ccc(F)c(Cl)c1. The van der Waals surface area contributed by atoms with Gasteiger partial charge < -0.3 is 24.8 Å². The summed E-state index contributed by atoms with van der Waals surface area (Å²) in [5.74, 6) is 5.95. The smallest absolute Gasteiger partial charge is 0.274 e. The minimum Gasteiger partial charge on any atom is -0.475 e. The minimum atomic E-state index is -1.13. The topological polar surface area (TPSA) is 122 Å². The van der Waals surface area contributed by atoms with Crippen LogP contribution in [0.25, 0.3) is 0 Å². The van der Waals surface area contributed by atoms with Gasteiger partial charge in [0.15, 0.2) is 0 Å². The summed E-state index contributed by atoms with van der Waals surface area (Å²) in [6.07, 6.45) is 5.59. The number of aromatic nitrogens is 4. The lowest BCUT2D eigenvalue weighted by Crippen LogP contribution is -2.28. The van der Waals surface area contributed by atoms with Crippen molar-refractivity contribution in [2.45, 2.75) is 56.7 Å². The first kappa shape index (κ1) is 28.0. The fraction of sp³-hybridized carbons (Fsp3) is 0.448. The van der Waals surface area contributed by atoms with E-state index in [9.17, 15) is 19.4 Å². The Bertz CT molecular complexity index is 1480. The Hall–Kier alpha value is -3.52. The lowest BCUT2D eigenvalue weighted by Gasteiger charge is -2.19. The lowest BCUT2D eigenvalue weighted by atomic mass is 9.92. The zero-order valence-electron chi connectivity index (χ0n) is 22.5. The van der Waals surface area contributed by atoms with Crippen LogP contribution in [0.5, 0.6) is 5.88 Å². The van der Waals surface area contributed by atoms with Crippen molar-refractivity contribution in [2.75, 3.05) is 11.9 Å². The Balaban J connectivity index is 1.24. The molecule has 9 nitrogen and oxygen atoms in total. The maximum absolute atomic E-state index is 13.5. The zero-order valence-corrected chi connectivity index (χ0v) is 23.2. The van der Waals surface area contributed by atoms with E-state index in [1.54, 1.807) is 37.9 Å². The van der Waals surface area contributed by atoms with Crippen molar-refractivity contribution in [3.05, 3.63) is 64.8 Å². The molecule has 0 bridgehead atoms. The molecule has 0 radical (unpaired) electrons. The largest absolute Gasteiger partial charge is 0.475 e. The van der Waals surface area contributed by atoms with Crippen LogP contribution in [0.1, 0.15) is 67.3 Å². The summed E-state index contributed by atoms with van der Waals surface area (Å²) in [6, 6.07) is 5.63. The number of nitrogens with zero attached hydrogens (tertiary/aromatic N) is 4. The fourth-order valence-corrected chi connectivity index (χ4v) is 5.87. The van der Waals surface area contributed by atoms with Crippen molar-refractivity contribution in [3.63, 3.8) is 0 Å². The number of fused-ring (bicyclic) bond motifs is 1. The molecule has 40 heavy (non-hydrogen) atoms. The third kappa shape index (κ3) is 6.28. The molecule has 5 rings (SSSR count). The molecule has 0 spiro atoms. The maximum Gasteiger partial charge on any atom is 0.274 e. The number of hydrogen-bond acceptors (Lipinski definition) is 7. The summed E-state index contributed by atoms with van der Waals surface area (Å²) in [7, 11) is 1.77. The Kier molecular flexibility index (Phi) is 7.57. The molecule has 2 aliphatic rings. The van der Waals surface area contributed by atoms with Crippen LogP contribution in [0.4, 0.5) is 10.1 Å². The van der Waals surface area contributed by atoms with Crippen molar-refractivity contribution in [2.24, 2.45) is 18.9 Å². The van der Waals surface area contributed by atoms with Gasteiger partial charge in [-0.05, 0) is 75.5 Å². The van der Waals surface area contributed by atoms with Gasteiger partial charge in [-0.25, -0.2) is 19.3 Å². The molecular weight excluding hydrogens is 537 g/mol. The summed E-state index contributed by atoms with van der Waals surface area (Å²) in [4.78, 5) is 25.9. The number of halogens is 2. The van der Waals surface area contributed by atoms with Gasteiger partial charge in [-0.2, -0.15) is 0 Å². The van der Waals surface area contributed by atoms with Gasteiger partial charge in [-0.1, -0.05) is 17.5 Å². The monoisotopic (exact) mass is 567 g/mol. The van der Waals surface area contributed by atoms with Crippen molar-refractivity contribution < 1.29 is 24.1 Å². The van der Waals surface area contributed by atoms with Crippen LogP contribution in [0.15, 0.2) is 36.9 Å². The van der Waals surface area contributed by atoms with E-state index in [0.717, 1.165) is 18.5 Å². The highest BCUT2D eigenvalue weighted by Gasteiger charge is 2.49. The van der Waals surface area contributed by atoms with Gasteiger partial charge in [0.2, 0.25) is 5.88 Å². The van der Waals surface area contributed by atoms with E-state index in [-0.39, 0.29) is 35.3 Å². The second-order valence-electron chi connectivity index (χ2n) is 11.4. The molecule has 2 fully saturated rings. The molecule has 2 aromatic heterocycles. The van der Waals surface area contributed by atoms with Crippen molar-refractivity contribution in [1.29, 1.82) is 0 Å². The highest BCUT2D eigenvalue weighted by atomic mass is 35.5. The molecule has 3 N–H and O–H groups in total. The van der Waals surface area contributed by atoms with Crippen LogP contribution < -0.4 is 10.1 Å². The van der Waals surface area contributed by atoms with E-state index in [4.69, 9.17) is 16.3 Å². The summed E-state index contributed by atoms with van der Waals surface area (Å²) in [6.45, 7) is 3.35. The van der Waals surface area contributed by atoms with Crippen molar-refractivity contribution in [3.8, 4) is 17.7 Å². The molecule has 0 aliphatic heterocycles. The van der Waals surface area contributed by atoms with Gasteiger partial charge in [0.1, 0.15) is 35.7 Å². The number of benzene rings is 1. The Labute approximate surface area is 236 Å². The molecule has 3 aromatic rings. The molecule has 2 heterocycles. The van der Waals surface area contributed by atoms with E-state index >= 15 is 0 Å². The lowest BCUT2D eigenvalue weighted by molar-refractivity contribution is 0.0267. The van der Waals surface area contributed by atoms with Crippen LogP contribution in [0, 0.1) is 29.5 Å². The summed E-state index contributed by atoms with van der Waals surface area (Å²) in [5, 5.41) is 23.8. The number of aliphatic hydroxyl groups is 2. The van der Waals surface area contributed by atoms with Gasteiger partial charge >= 0.3 is 0 Å². The maximum atomic E-state index is 13.5. The average Bonchev–Trinajstić information content (AvgIpc) is 3.54. The van der Waals surface area contributed by atoms with E-state index in [0.29, 0.717) is 35.8 Å². The molecule has 0 saturated heterocycles. The van der Waals surface area contributed by atoms with Crippen LogP contribution in [0.3, 0.4) is 0 Å². The third-order valence-corrected chi connectivity index (χ3v) is 7.71. The van der Waals surface area contributed by atoms with Crippen LogP contribution in [-0.2, 0) is 7.05 Å². The quantitative estimate of drug-likeness (QED) is 0.383. The molecule has 1 amide bonds. The van der Waals surface area contributed by atoms with Crippen molar-refractivity contribution in [1.82, 2.24) is 19.5 Å². The second kappa shape index (κ2) is 10.8. The highest BCUT2D eigenvalue weighted by Crippen LogP contribution is 2.53. The van der Waals surface area contributed by atoms with E-state index in [2.05, 4.69) is 32.1 Å². The molecule has 2 atom stereocenters. The molecule has 2 aliphatic carbocycles. The Morgan fingerprint density at radius 1 is 1.25 bits per heavy atom. The Morgan fingerprint density at radius 2 is 1.98 bits per heavy atom. The van der Waals surface area contributed by atoms with E-state index < -0.39 is 17.0 Å². The van der Waals surface area contributed by atoms with Crippen LogP contribution in [-0.4, -0.2) is 53.4 Å². The van der Waals surface area contributed by atoms with Crippen LogP contribution in [0.2, 0.25) is 5.02 Å². The molecule has 210 valence electrons. The summed E-state index contributed by atoms with van der Waals surface area (Å²) in [5.41, 5.74) is -0.136. The van der Waals surface area contributed by atoms with E-state index in [1.165, 1.54) is 24.5 Å². The van der Waals surface area contributed by atoms with Gasteiger partial charge in [-0.15, -0.1) is 0 Å². The Morgan fingerprint density at radius 3 is 2.65 bits per heavy atom. The summed E-state index contributed by atoms with van der Waals surface area (Å²) >= 11 is 5.86. The normalized spacial score (nSPS) is 23.8. The van der Waals surface area contributed by atoms with Gasteiger partial charge in [0.25, 0.3) is 5.91 Å². The fourth-order valence-electron chi connectivity index (χ4n) is 5.69. The molecule has 11 heteroatoms. The number of anilines is 1. The predicted molar refractivity (Wildman–Crippen MR) is 146 cm³/mol. The first-order valence-electron chi connectivity index (χ1n) is 13.1. The zero-order chi connectivity index (χ0) is 28.7. The molecule has 2 unspecified atom stereocenters. The number of rotatable bonds is 6.